The van der Waals surface area contributed by atoms with Gasteiger partial charge < -0.3 is 24.8 Å². The van der Waals surface area contributed by atoms with E-state index in [0.717, 1.165) is 0 Å². The maximum absolute atomic E-state index is 12.1. The molecule has 0 bridgehead atoms. The molecule has 0 saturated heterocycles. The van der Waals surface area contributed by atoms with Crippen LogP contribution in [0.2, 0.25) is 0 Å². The summed E-state index contributed by atoms with van der Waals surface area (Å²) >= 11 is 0. The van der Waals surface area contributed by atoms with Gasteiger partial charge in [-0.2, -0.15) is 0 Å². The Kier molecular flexibility index (Phi) is 7.49. The number of nitrogen functional groups attached to an aromatic ring is 1. The van der Waals surface area contributed by atoms with Crippen molar-refractivity contribution in [3.05, 3.63) is 17.8 Å². The van der Waals surface area contributed by atoms with Gasteiger partial charge in [0.1, 0.15) is 11.4 Å². The number of ether oxygens (including phenoxy) is 3. The maximum Gasteiger partial charge on any atom is 0.341 e. The van der Waals surface area contributed by atoms with Gasteiger partial charge in [-0.15, -0.1) is 0 Å². The van der Waals surface area contributed by atoms with Gasteiger partial charge in [0.15, 0.2) is 0 Å². The zero-order valence-electron chi connectivity index (χ0n) is 12.8. The van der Waals surface area contributed by atoms with Crippen molar-refractivity contribution in [2.45, 2.75) is 6.92 Å². The molecule has 118 valence electrons. The summed E-state index contributed by atoms with van der Waals surface area (Å²) in [5.41, 5.74) is 6.49. The quantitative estimate of drug-likeness (QED) is 0.679. The molecule has 0 aliphatic rings. The molecule has 0 fully saturated rings. The molecule has 21 heavy (non-hydrogen) atoms. The van der Waals surface area contributed by atoms with Crippen LogP contribution in [0.3, 0.4) is 0 Å². The molecule has 0 saturated carbocycles. The number of esters is 1. The first-order valence-corrected chi connectivity index (χ1v) is 6.79. The lowest BCUT2D eigenvalue weighted by atomic mass is 10.2. The van der Waals surface area contributed by atoms with Crippen LogP contribution >= 0.6 is 0 Å². The van der Waals surface area contributed by atoms with Crippen LogP contribution in [-0.4, -0.2) is 58.1 Å². The highest BCUT2D eigenvalue weighted by Gasteiger charge is 2.19. The predicted octanol–water partition coefficient (Wildman–Crippen LogP) is 0.940. The van der Waals surface area contributed by atoms with Crippen LogP contribution in [-0.2, 0) is 14.2 Å². The summed E-state index contributed by atoms with van der Waals surface area (Å²) in [6.07, 6.45) is 1.52. The first-order valence-electron chi connectivity index (χ1n) is 6.79. The van der Waals surface area contributed by atoms with Crippen molar-refractivity contribution in [2.24, 2.45) is 0 Å². The molecule has 1 aromatic rings. The summed E-state index contributed by atoms with van der Waals surface area (Å²) in [6, 6.07) is 1.58. The van der Waals surface area contributed by atoms with Crippen molar-refractivity contribution >= 4 is 17.5 Å². The Bertz CT molecular complexity index is 446. The lowest BCUT2D eigenvalue weighted by Crippen LogP contribution is -2.33. The number of rotatable bonds is 9. The lowest BCUT2D eigenvalue weighted by Gasteiger charge is -2.25. The van der Waals surface area contributed by atoms with Crippen LogP contribution in [0.25, 0.3) is 0 Å². The average Bonchev–Trinajstić information content (AvgIpc) is 2.48. The summed E-state index contributed by atoms with van der Waals surface area (Å²) in [4.78, 5) is 18.3. The Morgan fingerprint density at radius 1 is 1.29 bits per heavy atom. The largest absolute Gasteiger partial charge is 0.462 e. The van der Waals surface area contributed by atoms with Crippen LogP contribution in [0.4, 0.5) is 11.5 Å². The van der Waals surface area contributed by atoms with E-state index in [1.807, 2.05) is 4.90 Å². The number of carbonyl (C=O) groups excluding carboxylic acids is 1. The minimum absolute atomic E-state index is 0.295. The second-order valence-electron chi connectivity index (χ2n) is 4.33. The van der Waals surface area contributed by atoms with E-state index < -0.39 is 5.97 Å². The normalized spacial score (nSPS) is 10.4. The van der Waals surface area contributed by atoms with Gasteiger partial charge in [0.25, 0.3) is 0 Å². The number of hydrogen-bond acceptors (Lipinski definition) is 7. The lowest BCUT2D eigenvalue weighted by molar-refractivity contribution is 0.0526. The van der Waals surface area contributed by atoms with Gasteiger partial charge in [-0.1, -0.05) is 0 Å². The van der Waals surface area contributed by atoms with Gasteiger partial charge in [0.2, 0.25) is 0 Å². The minimum atomic E-state index is -0.438. The number of nitrogens with two attached hydrogens (primary N) is 1. The van der Waals surface area contributed by atoms with E-state index in [1.54, 1.807) is 27.2 Å². The Labute approximate surface area is 125 Å². The molecule has 7 heteroatoms. The van der Waals surface area contributed by atoms with Gasteiger partial charge in [-0.25, -0.2) is 9.78 Å². The fraction of sp³-hybridized carbons (Fsp3) is 0.571. The molecule has 0 amide bonds. The fourth-order valence-corrected chi connectivity index (χ4v) is 1.81. The SMILES string of the molecule is CCOC(=O)c1cc(N)cnc1N(CCOC)CCOC. The smallest absolute Gasteiger partial charge is 0.341 e. The number of nitrogens with zero attached hydrogens (tertiary/aromatic N) is 2. The summed E-state index contributed by atoms with van der Waals surface area (Å²) in [6.45, 7) is 4.25. The summed E-state index contributed by atoms with van der Waals surface area (Å²) in [7, 11) is 3.24. The molecular formula is C14H23N3O4. The highest BCUT2D eigenvalue weighted by atomic mass is 16.5. The minimum Gasteiger partial charge on any atom is -0.462 e. The Hall–Kier alpha value is -1.86. The summed E-state index contributed by atoms with van der Waals surface area (Å²) in [5.74, 6) is 0.0869. The van der Waals surface area contributed by atoms with Crippen molar-refractivity contribution in [3.8, 4) is 0 Å². The molecule has 1 rings (SSSR count). The van der Waals surface area contributed by atoms with Gasteiger partial charge in [-0.3, -0.25) is 0 Å². The third-order valence-corrected chi connectivity index (χ3v) is 2.81. The predicted molar refractivity (Wildman–Crippen MR) is 80.6 cm³/mol. The first-order chi connectivity index (χ1) is 10.1. The first kappa shape index (κ1) is 17.2. The number of aromatic nitrogens is 1. The molecule has 0 unspecified atom stereocenters. The van der Waals surface area contributed by atoms with Gasteiger partial charge in [0, 0.05) is 27.3 Å². The van der Waals surface area contributed by atoms with E-state index in [4.69, 9.17) is 19.9 Å². The van der Waals surface area contributed by atoms with Crippen LogP contribution in [0, 0.1) is 0 Å². The van der Waals surface area contributed by atoms with Crippen molar-refractivity contribution in [1.82, 2.24) is 4.98 Å². The standard InChI is InChI=1S/C14H23N3O4/c1-4-21-14(18)12-9-11(15)10-16-13(12)17(5-7-19-2)6-8-20-3/h9-10H,4-8,15H2,1-3H3. The zero-order valence-corrected chi connectivity index (χ0v) is 12.8. The molecule has 0 atom stereocenters. The highest BCUT2D eigenvalue weighted by Crippen LogP contribution is 2.21. The molecule has 0 spiro atoms. The van der Waals surface area contributed by atoms with Crippen LogP contribution in [0.5, 0.6) is 0 Å². The fourth-order valence-electron chi connectivity index (χ4n) is 1.81. The van der Waals surface area contributed by atoms with E-state index in [0.29, 0.717) is 50.0 Å². The highest BCUT2D eigenvalue weighted by molar-refractivity contribution is 5.95. The molecule has 0 radical (unpaired) electrons. The molecule has 7 nitrogen and oxygen atoms in total. The van der Waals surface area contributed by atoms with Crippen molar-refractivity contribution < 1.29 is 19.0 Å². The van der Waals surface area contributed by atoms with Gasteiger partial charge in [-0.05, 0) is 13.0 Å². The van der Waals surface area contributed by atoms with Crippen molar-refractivity contribution in [2.75, 3.05) is 57.8 Å². The average molecular weight is 297 g/mol. The van der Waals surface area contributed by atoms with Gasteiger partial charge >= 0.3 is 5.97 Å². The third-order valence-electron chi connectivity index (χ3n) is 2.81. The maximum atomic E-state index is 12.1. The van der Waals surface area contributed by atoms with Crippen LogP contribution < -0.4 is 10.6 Å². The Morgan fingerprint density at radius 2 is 1.90 bits per heavy atom. The number of carbonyl (C=O) groups is 1. The monoisotopic (exact) mass is 297 g/mol. The van der Waals surface area contributed by atoms with Crippen molar-refractivity contribution in [1.29, 1.82) is 0 Å². The second kappa shape index (κ2) is 9.15. The Morgan fingerprint density at radius 3 is 2.43 bits per heavy atom. The summed E-state index contributed by atoms with van der Waals surface area (Å²) in [5, 5.41) is 0. The zero-order chi connectivity index (χ0) is 15.7. The van der Waals surface area contributed by atoms with Crippen LogP contribution in [0.1, 0.15) is 17.3 Å². The van der Waals surface area contributed by atoms with Crippen LogP contribution in [0.15, 0.2) is 12.3 Å². The molecule has 1 heterocycles. The molecule has 1 aromatic heterocycles. The van der Waals surface area contributed by atoms with E-state index in [1.165, 1.54) is 6.20 Å². The molecule has 0 aliphatic carbocycles. The van der Waals surface area contributed by atoms with Crippen molar-refractivity contribution in [3.63, 3.8) is 0 Å². The molecular weight excluding hydrogens is 274 g/mol. The number of anilines is 2. The van der Waals surface area contributed by atoms with E-state index >= 15 is 0 Å². The van der Waals surface area contributed by atoms with E-state index in [-0.39, 0.29) is 0 Å². The number of pyridine rings is 1. The van der Waals surface area contributed by atoms with E-state index in [9.17, 15) is 4.79 Å². The second-order valence-corrected chi connectivity index (χ2v) is 4.33. The molecule has 2 N–H and O–H groups in total. The Balaban J connectivity index is 3.06. The van der Waals surface area contributed by atoms with Gasteiger partial charge in [0.05, 0.1) is 31.7 Å². The molecule has 0 aromatic carbocycles. The molecule has 0 aliphatic heterocycles. The van der Waals surface area contributed by atoms with E-state index in [2.05, 4.69) is 4.98 Å². The number of methoxy groups -OCH3 is 2. The third kappa shape index (κ3) is 5.20. The topological polar surface area (TPSA) is 86.9 Å². The number of hydrogen-bond donors (Lipinski definition) is 1. The summed E-state index contributed by atoms with van der Waals surface area (Å²) < 4.78 is 15.2.